The van der Waals surface area contributed by atoms with Gasteiger partial charge in [-0.1, -0.05) is 29.8 Å². The molecule has 0 amide bonds. The van der Waals surface area contributed by atoms with Gasteiger partial charge in [-0.25, -0.2) is 0 Å². The third-order valence-electron chi connectivity index (χ3n) is 3.87. The summed E-state index contributed by atoms with van der Waals surface area (Å²) in [6.45, 7) is 6.51. The summed E-state index contributed by atoms with van der Waals surface area (Å²) in [4.78, 5) is 6.66. The first-order valence-corrected chi connectivity index (χ1v) is 7.51. The zero-order valence-electron chi connectivity index (χ0n) is 13.6. The van der Waals surface area contributed by atoms with Crippen molar-refractivity contribution in [1.82, 2.24) is 15.5 Å². The lowest BCUT2D eigenvalue weighted by Gasteiger charge is -2.35. The van der Waals surface area contributed by atoms with Crippen molar-refractivity contribution in [3.05, 3.63) is 35.4 Å². The number of aryl methyl sites for hydroxylation is 1. The van der Waals surface area contributed by atoms with Gasteiger partial charge in [0.2, 0.25) is 0 Å². The standard InChI is InChI=1S/C16H26N4O.HI/c1-13-4-6-14(7-5-13)15(12-19-16(17-2)18-3)20-8-10-21-11-9-20;/h4-7,15H,8-12H2,1-3H3,(H2,17,18,19);1H. The first-order valence-electron chi connectivity index (χ1n) is 7.51. The molecule has 1 aromatic rings. The third-order valence-corrected chi connectivity index (χ3v) is 3.87. The highest BCUT2D eigenvalue weighted by molar-refractivity contribution is 14.0. The van der Waals surface area contributed by atoms with Gasteiger partial charge in [-0.05, 0) is 12.5 Å². The number of nitrogens with one attached hydrogen (secondary N) is 2. The molecule has 124 valence electrons. The number of ether oxygens (including phenoxy) is 1. The van der Waals surface area contributed by atoms with E-state index in [1.165, 1.54) is 11.1 Å². The van der Waals surface area contributed by atoms with Gasteiger partial charge in [0, 0.05) is 33.7 Å². The molecule has 22 heavy (non-hydrogen) atoms. The summed E-state index contributed by atoms with van der Waals surface area (Å²) in [7, 11) is 3.67. The Hall–Kier alpha value is -0.860. The smallest absolute Gasteiger partial charge is 0.190 e. The fraction of sp³-hybridized carbons (Fsp3) is 0.562. The van der Waals surface area contributed by atoms with Crippen LogP contribution in [0.1, 0.15) is 17.2 Å². The average Bonchev–Trinajstić information content (AvgIpc) is 2.54. The lowest BCUT2D eigenvalue weighted by atomic mass is 10.0. The van der Waals surface area contributed by atoms with Crippen molar-refractivity contribution in [3.8, 4) is 0 Å². The monoisotopic (exact) mass is 418 g/mol. The summed E-state index contributed by atoms with van der Waals surface area (Å²) in [5, 5.41) is 6.45. The van der Waals surface area contributed by atoms with Crippen molar-refractivity contribution in [2.75, 3.05) is 46.9 Å². The van der Waals surface area contributed by atoms with E-state index in [-0.39, 0.29) is 24.0 Å². The minimum absolute atomic E-state index is 0. The van der Waals surface area contributed by atoms with Crippen LogP contribution in [-0.4, -0.2) is 57.8 Å². The van der Waals surface area contributed by atoms with Gasteiger partial charge in [0.05, 0.1) is 19.3 Å². The molecule has 0 radical (unpaired) electrons. The highest BCUT2D eigenvalue weighted by atomic mass is 127. The van der Waals surface area contributed by atoms with E-state index in [1.807, 2.05) is 7.05 Å². The van der Waals surface area contributed by atoms with Crippen LogP contribution in [0.3, 0.4) is 0 Å². The largest absolute Gasteiger partial charge is 0.379 e. The Labute approximate surface area is 150 Å². The maximum absolute atomic E-state index is 5.47. The molecule has 2 N–H and O–H groups in total. The fourth-order valence-electron chi connectivity index (χ4n) is 2.61. The van der Waals surface area contributed by atoms with Crippen LogP contribution in [0.4, 0.5) is 0 Å². The molecular weight excluding hydrogens is 391 g/mol. The molecular formula is C16H27IN4O. The van der Waals surface area contributed by atoms with Crippen LogP contribution < -0.4 is 10.6 Å². The van der Waals surface area contributed by atoms with Crippen molar-refractivity contribution >= 4 is 29.9 Å². The van der Waals surface area contributed by atoms with Gasteiger partial charge in [0.1, 0.15) is 0 Å². The highest BCUT2D eigenvalue weighted by Gasteiger charge is 2.22. The fourth-order valence-corrected chi connectivity index (χ4v) is 2.61. The lowest BCUT2D eigenvalue weighted by molar-refractivity contribution is 0.0170. The second-order valence-corrected chi connectivity index (χ2v) is 5.28. The maximum atomic E-state index is 5.47. The number of rotatable bonds is 4. The summed E-state index contributed by atoms with van der Waals surface area (Å²) in [6, 6.07) is 9.13. The highest BCUT2D eigenvalue weighted by Crippen LogP contribution is 2.21. The molecule has 1 aliphatic rings. The molecule has 1 saturated heterocycles. The summed E-state index contributed by atoms with van der Waals surface area (Å²) in [6.07, 6.45) is 0. The topological polar surface area (TPSA) is 48.9 Å². The van der Waals surface area contributed by atoms with Crippen LogP contribution >= 0.6 is 24.0 Å². The van der Waals surface area contributed by atoms with E-state index in [2.05, 4.69) is 51.7 Å². The number of guanidine groups is 1. The molecule has 1 atom stereocenters. The first-order chi connectivity index (χ1) is 10.2. The minimum Gasteiger partial charge on any atom is -0.379 e. The maximum Gasteiger partial charge on any atom is 0.190 e. The summed E-state index contributed by atoms with van der Waals surface area (Å²) < 4.78 is 5.47. The Morgan fingerprint density at radius 1 is 1.27 bits per heavy atom. The van der Waals surface area contributed by atoms with E-state index in [0.717, 1.165) is 38.8 Å². The second kappa shape index (κ2) is 10.0. The van der Waals surface area contributed by atoms with Gasteiger partial charge in [-0.3, -0.25) is 9.89 Å². The van der Waals surface area contributed by atoms with Crippen LogP contribution in [0, 0.1) is 6.92 Å². The zero-order valence-corrected chi connectivity index (χ0v) is 16.0. The molecule has 1 heterocycles. The van der Waals surface area contributed by atoms with Gasteiger partial charge in [0.15, 0.2) is 5.96 Å². The number of hydrogen-bond acceptors (Lipinski definition) is 3. The van der Waals surface area contributed by atoms with Crippen molar-refractivity contribution in [3.63, 3.8) is 0 Å². The number of halogens is 1. The quantitative estimate of drug-likeness (QED) is 0.445. The predicted molar refractivity (Wildman–Crippen MR) is 102 cm³/mol. The second-order valence-electron chi connectivity index (χ2n) is 5.28. The molecule has 1 aliphatic heterocycles. The van der Waals surface area contributed by atoms with Gasteiger partial charge in [-0.15, -0.1) is 24.0 Å². The molecule has 1 aromatic carbocycles. The van der Waals surface area contributed by atoms with Crippen LogP contribution in [0.25, 0.3) is 0 Å². The van der Waals surface area contributed by atoms with E-state index in [4.69, 9.17) is 4.74 Å². The Bertz CT molecular complexity index is 458. The normalized spacial score (nSPS) is 17.5. The van der Waals surface area contributed by atoms with Crippen LogP contribution in [0.5, 0.6) is 0 Å². The Balaban J connectivity index is 0.00000242. The van der Waals surface area contributed by atoms with Crippen LogP contribution in [-0.2, 0) is 4.74 Å². The van der Waals surface area contributed by atoms with E-state index in [0.29, 0.717) is 6.04 Å². The van der Waals surface area contributed by atoms with Crippen LogP contribution in [0.2, 0.25) is 0 Å². The molecule has 5 nitrogen and oxygen atoms in total. The molecule has 0 aliphatic carbocycles. The van der Waals surface area contributed by atoms with Crippen molar-refractivity contribution in [1.29, 1.82) is 0 Å². The minimum atomic E-state index is 0. The third kappa shape index (κ3) is 5.40. The van der Waals surface area contributed by atoms with E-state index < -0.39 is 0 Å². The van der Waals surface area contributed by atoms with Gasteiger partial charge >= 0.3 is 0 Å². The van der Waals surface area contributed by atoms with Crippen LogP contribution in [0.15, 0.2) is 29.3 Å². The Morgan fingerprint density at radius 2 is 1.91 bits per heavy atom. The molecule has 6 heteroatoms. The van der Waals surface area contributed by atoms with Crippen molar-refractivity contribution < 1.29 is 4.74 Å². The SMILES string of the molecule is CN=C(NC)NCC(c1ccc(C)cc1)N1CCOCC1.I. The number of morpholine rings is 1. The average molecular weight is 418 g/mol. The molecule has 0 saturated carbocycles. The predicted octanol–water partition coefficient (Wildman–Crippen LogP) is 1.78. The van der Waals surface area contributed by atoms with E-state index in [1.54, 1.807) is 7.05 Å². The molecule has 0 bridgehead atoms. The zero-order chi connectivity index (χ0) is 15.1. The van der Waals surface area contributed by atoms with Crippen molar-refractivity contribution in [2.45, 2.75) is 13.0 Å². The Morgan fingerprint density at radius 3 is 2.45 bits per heavy atom. The lowest BCUT2D eigenvalue weighted by Crippen LogP contribution is -2.45. The Kier molecular flexibility index (Phi) is 8.74. The summed E-state index contributed by atoms with van der Waals surface area (Å²) in [5.41, 5.74) is 2.63. The van der Waals surface area contributed by atoms with E-state index >= 15 is 0 Å². The number of benzene rings is 1. The molecule has 0 aromatic heterocycles. The number of hydrogen-bond donors (Lipinski definition) is 2. The van der Waals surface area contributed by atoms with Crippen molar-refractivity contribution in [2.24, 2.45) is 4.99 Å². The van der Waals surface area contributed by atoms with Gasteiger partial charge in [-0.2, -0.15) is 0 Å². The molecule has 2 rings (SSSR count). The molecule has 1 fully saturated rings. The van der Waals surface area contributed by atoms with Gasteiger partial charge < -0.3 is 15.4 Å². The first kappa shape index (κ1) is 19.2. The molecule has 1 unspecified atom stereocenters. The summed E-state index contributed by atoms with van der Waals surface area (Å²) in [5.74, 6) is 0.820. The van der Waals surface area contributed by atoms with Gasteiger partial charge in [0.25, 0.3) is 0 Å². The molecule has 0 spiro atoms. The number of aliphatic imine (C=N–C) groups is 1. The summed E-state index contributed by atoms with van der Waals surface area (Å²) >= 11 is 0. The number of nitrogens with zero attached hydrogens (tertiary/aromatic N) is 2. The van der Waals surface area contributed by atoms with E-state index in [9.17, 15) is 0 Å².